The second-order valence-corrected chi connectivity index (χ2v) is 3.90. The van der Waals surface area contributed by atoms with Crippen molar-refractivity contribution in [1.29, 1.82) is 0 Å². The molecule has 2 aromatic rings. The molecular weight excluding hydrogens is 201 g/mol. The molecule has 2 nitrogen and oxygen atoms in total. The van der Waals surface area contributed by atoms with Crippen molar-refractivity contribution < 1.29 is 9.50 Å². The SMILES string of the molecule is Oc1cc(F)cc(Cc2nccs2)c1. The summed E-state index contributed by atoms with van der Waals surface area (Å²) in [7, 11) is 0. The van der Waals surface area contributed by atoms with E-state index in [4.69, 9.17) is 5.11 Å². The molecule has 2 rings (SSSR count). The van der Waals surface area contributed by atoms with Crippen molar-refractivity contribution >= 4 is 11.3 Å². The molecular formula is C10H8FNOS. The number of nitrogens with zero attached hydrogens (tertiary/aromatic N) is 1. The summed E-state index contributed by atoms with van der Waals surface area (Å²) >= 11 is 1.51. The lowest BCUT2D eigenvalue weighted by Crippen LogP contribution is -1.88. The summed E-state index contributed by atoms with van der Waals surface area (Å²) in [5, 5.41) is 11.9. The standard InChI is InChI=1S/C10H8FNOS/c11-8-3-7(4-9(13)6-8)5-10-12-1-2-14-10/h1-4,6,13H,5H2. The summed E-state index contributed by atoms with van der Waals surface area (Å²) in [6.07, 6.45) is 2.27. The molecule has 0 aliphatic rings. The fourth-order valence-corrected chi connectivity index (χ4v) is 1.90. The van der Waals surface area contributed by atoms with Gasteiger partial charge in [0, 0.05) is 24.1 Å². The van der Waals surface area contributed by atoms with Gasteiger partial charge in [0.05, 0.1) is 5.01 Å². The summed E-state index contributed by atoms with van der Waals surface area (Å²) in [5.74, 6) is -0.465. The van der Waals surface area contributed by atoms with Crippen LogP contribution < -0.4 is 0 Å². The maximum Gasteiger partial charge on any atom is 0.127 e. The van der Waals surface area contributed by atoms with Crippen molar-refractivity contribution in [3.05, 3.63) is 46.2 Å². The number of aromatic hydroxyl groups is 1. The maximum absolute atomic E-state index is 12.9. The molecule has 0 fully saturated rings. The summed E-state index contributed by atoms with van der Waals surface area (Å²) in [5.41, 5.74) is 0.734. The van der Waals surface area contributed by atoms with Crippen molar-refractivity contribution in [3.8, 4) is 5.75 Å². The van der Waals surface area contributed by atoms with Gasteiger partial charge in [-0.3, -0.25) is 0 Å². The Labute approximate surface area is 84.7 Å². The quantitative estimate of drug-likeness (QED) is 0.824. The first-order valence-corrected chi connectivity index (χ1v) is 4.99. The predicted molar refractivity (Wildman–Crippen MR) is 53.0 cm³/mol. The zero-order valence-corrected chi connectivity index (χ0v) is 8.09. The minimum Gasteiger partial charge on any atom is -0.508 e. The molecule has 0 spiro atoms. The Bertz CT molecular complexity index is 407. The Balaban J connectivity index is 2.25. The molecule has 0 saturated heterocycles. The molecule has 0 atom stereocenters. The molecule has 1 N–H and O–H groups in total. The summed E-state index contributed by atoms with van der Waals surface area (Å²) < 4.78 is 12.9. The fraction of sp³-hybridized carbons (Fsp3) is 0.100. The second kappa shape index (κ2) is 3.75. The van der Waals surface area contributed by atoms with E-state index in [0.29, 0.717) is 6.42 Å². The van der Waals surface area contributed by atoms with E-state index in [-0.39, 0.29) is 5.75 Å². The minimum atomic E-state index is -0.420. The van der Waals surface area contributed by atoms with Crippen LogP contribution in [0.15, 0.2) is 29.8 Å². The maximum atomic E-state index is 12.9. The molecule has 0 bridgehead atoms. The molecule has 0 aliphatic heterocycles. The van der Waals surface area contributed by atoms with Crippen LogP contribution in [-0.4, -0.2) is 10.1 Å². The number of phenolic OH excluding ortho intramolecular Hbond substituents is 1. The van der Waals surface area contributed by atoms with Gasteiger partial charge in [0.2, 0.25) is 0 Å². The monoisotopic (exact) mass is 209 g/mol. The van der Waals surface area contributed by atoms with Gasteiger partial charge in [-0.15, -0.1) is 11.3 Å². The first-order chi connectivity index (χ1) is 6.74. The van der Waals surface area contributed by atoms with Crippen LogP contribution in [-0.2, 0) is 6.42 Å². The van der Waals surface area contributed by atoms with E-state index >= 15 is 0 Å². The molecule has 0 saturated carbocycles. The molecule has 0 amide bonds. The number of thiazole rings is 1. The van der Waals surface area contributed by atoms with Crippen molar-refractivity contribution in [2.45, 2.75) is 6.42 Å². The van der Waals surface area contributed by atoms with Crippen molar-refractivity contribution in [2.24, 2.45) is 0 Å². The average molecular weight is 209 g/mol. The normalized spacial score (nSPS) is 10.4. The zero-order valence-electron chi connectivity index (χ0n) is 7.27. The topological polar surface area (TPSA) is 33.1 Å². The molecule has 0 aliphatic carbocycles. The Hall–Kier alpha value is -1.42. The van der Waals surface area contributed by atoms with E-state index in [1.165, 1.54) is 17.4 Å². The number of aromatic nitrogens is 1. The number of rotatable bonds is 2. The third kappa shape index (κ3) is 2.09. The minimum absolute atomic E-state index is 0.0449. The van der Waals surface area contributed by atoms with Crippen LogP contribution in [0.3, 0.4) is 0 Å². The van der Waals surface area contributed by atoms with E-state index in [0.717, 1.165) is 16.6 Å². The first kappa shape index (κ1) is 9.15. The van der Waals surface area contributed by atoms with Gasteiger partial charge in [0.25, 0.3) is 0 Å². The number of halogens is 1. The third-order valence-corrected chi connectivity index (χ3v) is 2.56. The van der Waals surface area contributed by atoms with Gasteiger partial charge in [-0.05, 0) is 17.7 Å². The molecule has 1 aromatic carbocycles. The molecule has 4 heteroatoms. The van der Waals surface area contributed by atoms with Gasteiger partial charge in [0.1, 0.15) is 11.6 Å². The number of benzene rings is 1. The second-order valence-electron chi connectivity index (χ2n) is 2.92. The highest BCUT2D eigenvalue weighted by Gasteiger charge is 2.02. The van der Waals surface area contributed by atoms with Crippen LogP contribution >= 0.6 is 11.3 Å². The van der Waals surface area contributed by atoms with Gasteiger partial charge in [-0.1, -0.05) is 0 Å². The lowest BCUT2D eigenvalue weighted by molar-refractivity contribution is 0.468. The van der Waals surface area contributed by atoms with Gasteiger partial charge in [-0.25, -0.2) is 9.37 Å². The lowest BCUT2D eigenvalue weighted by Gasteiger charge is -1.99. The van der Waals surface area contributed by atoms with Gasteiger partial charge in [0.15, 0.2) is 0 Å². The Morgan fingerprint density at radius 3 is 2.86 bits per heavy atom. The molecule has 1 aromatic heterocycles. The van der Waals surface area contributed by atoms with Crippen molar-refractivity contribution in [2.75, 3.05) is 0 Å². The van der Waals surface area contributed by atoms with Gasteiger partial charge < -0.3 is 5.11 Å². The highest BCUT2D eigenvalue weighted by Crippen LogP contribution is 2.18. The first-order valence-electron chi connectivity index (χ1n) is 4.11. The van der Waals surface area contributed by atoms with E-state index in [1.807, 2.05) is 5.38 Å². The molecule has 1 heterocycles. The highest BCUT2D eigenvalue weighted by atomic mass is 32.1. The zero-order chi connectivity index (χ0) is 9.97. The fourth-order valence-electron chi connectivity index (χ4n) is 1.25. The highest BCUT2D eigenvalue weighted by molar-refractivity contribution is 7.09. The number of hydrogen-bond acceptors (Lipinski definition) is 3. The van der Waals surface area contributed by atoms with E-state index < -0.39 is 5.82 Å². The smallest absolute Gasteiger partial charge is 0.127 e. The van der Waals surface area contributed by atoms with Crippen LogP contribution in [0, 0.1) is 5.82 Å². The molecule has 14 heavy (non-hydrogen) atoms. The van der Waals surface area contributed by atoms with E-state index in [9.17, 15) is 4.39 Å². The Morgan fingerprint density at radius 2 is 2.21 bits per heavy atom. The molecule has 0 unspecified atom stereocenters. The van der Waals surface area contributed by atoms with Crippen LogP contribution in [0.5, 0.6) is 5.75 Å². The lowest BCUT2D eigenvalue weighted by atomic mass is 10.1. The van der Waals surface area contributed by atoms with Crippen molar-refractivity contribution in [1.82, 2.24) is 4.98 Å². The molecule has 72 valence electrons. The molecule has 0 radical (unpaired) electrons. The Morgan fingerprint density at radius 1 is 1.36 bits per heavy atom. The predicted octanol–water partition coefficient (Wildman–Crippen LogP) is 2.58. The number of phenols is 1. The van der Waals surface area contributed by atoms with Crippen molar-refractivity contribution in [3.63, 3.8) is 0 Å². The average Bonchev–Trinajstić information content (AvgIpc) is 2.54. The summed E-state index contributed by atoms with van der Waals surface area (Å²) in [4.78, 5) is 4.09. The summed E-state index contributed by atoms with van der Waals surface area (Å²) in [6.45, 7) is 0. The van der Waals surface area contributed by atoms with Gasteiger partial charge in [-0.2, -0.15) is 0 Å². The van der Waals surface area contributed by atoms with E-state index in [1.54, 1.807) is 12.3 Å². The van der Waals surface area contributed by atoms with E-state index in [2.05, 4.69) is 4.98 Å². The van der Waals surface area contributed by atoms with Gasteiger partial charge >= 0.3 is 0 Å². The number of hydrogen-bond donors (Lipinski definition) is 1. The summed E-state index contributed by atoms with van der Waals surface area (Å²) in [6, 6.07) is 4.04. The Kier molecular flexibility index (Phi) is 2.45. The largest absolute Gasteiger partial charge is 0.508 e. The van der Waals surface area contributed by atoms with Crippen LogP contribution in [0.4, 0.5) is 4.39 Å². The third-order valence-electron chi connectivity index (χ3n) is 1.78. The van der Waals surface area contributed by atoms with Crippen LogP contribution in [0.25, 0.3) is 0 Å². The van der Waals surface area contributed by atoms with Crippen LogP contribution in [0.1, 0.15) is 10.6 Å². The van der Waals surface area contributed by atoms with Crippen LogP contribution in [0.2, 0.25) is 0 Å².